The number of nitrogens with zero attached hydrogens (tertiary/aromatic N) is 1. The van der Waals surface area contributed by atoms with E-state index in [0.717, 1.165) is 11.8 Å². The summed E-state index contributed by atoms with van der Waals surface area (Å²) in [5, 5.41) is 32.8. The first-order chi connectivity index (χ1) is 14.3. The van der Waals surface area contributed by atoms with Crippen molar-refractivity contribution < 1.29 is 29.6 Å². The van der Waals surface area contributed by atoms with Crippen LogP contribution in [0.1, 0.15) is 15.9 Å². The van der Waals surface area contributed by atoms with E-state index in [0.29, 0.717) is 36.6 Å². The summed E-state index contributed by atoms with van der Waals surface area (Å²) in [5.74, 6) is -1.06. The summed E-state index contributed by atoms with van der Waals surface area (Å²) in [4.78, 5) is 27.5. The van der Waals surface area contributed by atoms with Gasteiger partial charge in [-0.05, 0) is 51.8 Å². The molecule has 4 rings (SSSR count). The number of carbonyl (C=O) groups excluding carboxylic acids is 2. The zero-order valence-corrected chi connectivity index (χ0v) is 17.9. The number of halogens is 1. The van der Waals surface area contributed by atoms with Gasteiger partial charge in [0.2, 0.25) is 5.78 Å². The number of phenols is 3. The van der Waals surface area contributed by atoms with Crippen molar-refractivity contribution >= 4 is 45.6 Å². The minimum absolute atomic E-state index is 0.0685. The van der Waals surface area contributed by atoms with Gasteiger partial charge in [0, 0.05) is 26.2 Å². The summed E-state index contributed by atoms with van der Waals surface area (Å²) in [7, 11) is 0. The molecule has 2 aromatic carbocycles. The van der Waals surface area contributed by atoms with E-state index in [1.54, 1.807) is 11.0 Å². The van der Waals surface area contributed by atoms with Gasteiger partial charge in [0.15, 0.2) is 11.5 Å². The predicted octanol–water partition coefficient (Wildman–Crippen LogP) is 3.30. The van der Waals surface area contributed by atoms with Crippen LogP contribution in [0.5, 0.6) is 23.0 Å². The molecule has 1 fully saturated rings. The smallest absolute Gasteiger partial charge is 0.415 e. The average Bonchev–Trinajstić information content (AvgIpc) is 3.06. The van der Waals surface area contributed by atoms with Gasteiger partial charge in [-0.3, -0.25) is 4.79 Å². The van der Waals surface area contributed by atoms with E-state index >= 15 is 0 Å². The number of Topliss-reactive ketones (excluding diaryl/α,β-unsaturated/α-hetero) is 1. The third-order valence-corrected chi connectivity index (χ3v) is 6.44. The lowest BCUT2D eigenvalue weighted by atomic mass is 10.1. The van der Waals surface area contributed by atoms with Gasteiger partial charge < -0.3 is 30.3 Å². The SMILES string of the molecule is O=C1/C(=C/c2cc(O)c(O)c(Br)c2)Sc2c(OC(=O)N3CCNCC3)ccc(O)c21. The highest BCUT2D eigenvalue weighted by molar-refractivity contribution is 9.10. The largest absolute Gasteiger partial charge is 0.507 e. The van der Waals surface area contributed by atoms with Gasteiger partial charge >= 0.3 is 6.09 Å². The van der Waals surface area contributed by atoms with Crippen molar-refractivity contribution in [2.75, 3.05) is 26.2 Å². The van der Waals surface area contributed by atoms with Crippen LogP contribution in [0.15, 0.2) is 38.5 Å². The lowest BCUT2D eigenvalue weighted by molar-refractivity contribution is 0.104. The summed E-state index contributed by atoms with van der Waals surface area (Å²) >= 11 is 4.21. The van der Waals surface area contributed by atoms with E-state index in [1.165, 1.54) is 24.3 Å². The minimum atomic E-state index is -0.512. The Kier molecular flexibility index (Phi) is 5.63. The quantitative estimate of drug-likeness (QED) is 0.372. The van der Waals surface area contributed by atoms with Crippen molar-refractivity contribution in [3.63, 3.8) is 0 Å². The standard InChI is InChI=1S/C20H17BrN2O6S/c21-11-7-10(8-13(25)17(11)26)9-15-18(27)16-12(24)1-2-14(19(16)30-15)29-20(28)23-5-3-22-4-6-23/h1-2,7-9,22,24-26H,3-6H2/b15-9-. The monoisotopic (exact) mass is 492 g/mol. The van der Waals surface area contributed by atoms with Crippen LogP contribution in [0, 0.1) is 0 Å². The number of nitrogens with one attached hydrogen (secondary N) is 1. The molecule has 30 heavy (non-hydrogen) atoms. The average molecular weight is 493 g/mol. The van der Waals surface area contributed by atoms with E-state index in [4.69, 9.17) is 4.74 Å². The number of amides is 1. The van der Waals surface area contributed by atoms with Gasteiger partial charge in [-0.2, -0.15) is 0 Å². The molecule has 1 saturated heterocycles. The first-order valence-electron chi connectivity index (χ1n) is 9.04. The fraction of sp³-hybridized carbons (Fsp3) is 0.200. The second-order valence-corrected chi connectivity index (χ2v) is 8.61. The van der Waals surface area contributed by atoms with Gasteiger partial charge in [0.05, 0.1) is 19.8 Å². The fourth-order valence-electron chi connectivity index (χ4n) is 3.17. The van der Waals surface area contributed by atoms with Gasteiger partial charge in [-0.15, -0.1) is 0 Å². The summed E-state index contributed by atoms with van der Waals surface area (Å²) < 4.78 is 5.79. The van der Waals surface area contributed by atoms with E-state index in [-0.39, 0.29) is 37.9 Å². The van der Waals surface area contributed by atoms with E-state index in [9.17, 15) is 24.9 Å². The number of ketones is 1. The molecule has 0 radical (unpaired) electrons. The maximum atomic E-state index is 12.9. The number of phenolic OH excluding ortho intramolecular Hbond substituents is 3. The van der Waals surface area contributed by atoms with Crippen molar-refractivity contribution in [3.05, 3.63) is 44.8 Å². The van der Waals surface area contributed by atoms with Crippen molar-refractivity contribution in [1.29, 1.82) is 0 Å². The predicted molar refractivity (Wildman–Crippen MR) is 114 cm³/mol. The fourth-order valence-corrected chi connectivity index (χ4v) is 4.76. The molecule has 0 aromatic heterocycles. The van der Waals surface area contributed by atoms with Gasteiger partial charge in [0.25, 0.3) is 0 Å². The Balaban J connectivity index is 1.64. The molecule has 0 bridgehead atoms. The molecule has 0 spiro atoms. The number of rotatable bonds is 2. The molecule has 0 saturated carbocycles. The van der Waals surface area contributed by atoms with Crippen molar-refractivity contribution in [1.82, 2.24) is 10.2 Å². The number of hydrogen-bond donors (Lipinski definition) is 4. The van der Waals surface area contributed by atoms with Crippen molar-refractivity contribution in [2.45, 2.75) is 4.90 Å². The lowest BCUT2D eigenvalue weighted by Crippen LogP contribution is -2.47. The highest BCUT2D eigenvalue weighted by Crippen LogP contribution is 2.49. The summed E-state index contributed by atoms with van der Waals surface area (Å²) in [5.41, 5.74) is 0.540. The molecule has 0 atom stereocenters. The number of fused-ring (bicyclic) bond motifs is 1. The van der Waals surface area contributed by atoms with Crippen molar-refractivity contribution in [2.24, 2.45) is 0 Å². The van der Waals surface area contributed by atoms with Crippen LogP contribution in [-0.4, -0.2) is 58.3 Å². The van der Waals surface area contributed by atoms with Crippen molar-refractivity contribution in [3.8, 4) is 23.0 Å². The highest BCUT2D eigenvalue weighted by Gasteiger charge is 2.33. The van der Waals surface area contributed by atoms with Gasteiger partial charge in [0.1, 0.15) is 11.5 Å². The molecular weight excluding hydrogens is 476 g/mol. The molecule has 2 heterocycles. The van der Waals surface area contributed by atoms with E-state index in [1.807, 2.05) is 0 Å². The molecule has 2 aliphatic rings. The number of piperazine rings is 1. The van der Waals surface area contributed by atoms with Crippen LogP contribution < -0.4 is 10.1 Å². The Morgan fingerprint density at radius 2 is 1.90 bits per heavy atom. The van der Waals surface area contributed by atoms with Crippen LogP contribution in [0.25, 0.3) is 6.08 Å². The van der Waals surface area contributed by atoms with E-state index in [2.05, 4.69) is 21.2 Å². The summed E-state index contributed by atoms with van der Waals surface area (Å²) in [6, 6.07) is 5.64. The Hall–Kier alpha value is -2.69. The maximum Gasteiger partial charge on any atom is 0.415 e. The number of carbonyl (C=O) groups is 2. The normalized spacial score (nSPS) is 17.3. The number of aromatic hydroxyl groups is 3. The van der Waals surface area contributed by atoms with Crippen LogP contribution in [0.4, 0.5) is 4.79 Å². The Bertz CT molecular complexity index is 1060. The molecule has 1 amide bonds. The molecule has 10 heteroatoms. The number of benzene rings is 2. The number of allylic oxidation sites excluding steroid dienone is 1. The highest BCUT2D eigenvalue weighted by atomic mass is 79.9. The third kappa shape index (κ3) is 3.85. The van der Waals surface area contributed by atoms with Crippen LogP contribution in [0.2, 0.25) is 0 Å². The Morgan fingerprint density at radius 1 is 1.17 bits per heavy atom. The summed E-state index contributed by atoms with van der Waals surface area (Å²) in [6.07, 6.45) is 1.01. The van der Waals surface area contributed by atoms with Crippen LogP contribution in [0.3, 0.4) is 0 Å². The second kappa shape index (κ2) is 8.21. The number of thioether (sulfide) groups is 1. The van der Waals surface area contributed by atoms with Gasteiger partial charge in [-0.1, -0.05) is 11.8 Å². The molecule has 2 aromatic rings. The van der Waals surface area contributed by atoms with Crippen LogP contribution in [-0.2, 0) is 0 Å². The number of ether oxygens (including phenoxy) is 1. The molecule has 0 aliphatic carbocycles. The lowest BCUT2D eigenvalue weighted by Gasteiger charge is -2.26. The molecule has 4 N–H and O–H groups in total. The molecule has 156 valence electrons. The topological polar surface area (TPSA) is 119 Å². The number of hydrogen-bond acceptors (Lipinski definition) is 8. The first-order valence-corrected chi connectivity index (χ1v) is 10.6. The Morgan fingerprint density at radius 3 is 2.60 bits per heavy atom. The Labute approximate surface area is 184 Å². The molecule has 8 nitrogen and oxygen atoms in total. The maximum absolute atomic E-state index is 12.9. The molecular formula is C20H17BrN2O6S. The molecule has 0 unspecified atom stereocenters. The summed E-state index contributed by atoms with van der Waals surface area (Å²) in [6.45, 7) is 2.40. The molecule has 2 aliphatic heterocycles. The minimum Gasteiger partial charge on any atom is -0.507 e. The zero-order chi connectivity index (χ0) is 21.4. The first kappa shape index (κ1) is 20.6. The van der Waals surface area contributed by atoms with Crippen LogP contribution >= 0.6 is 27.7 Å². The second-order valence-electron chi connectivity index (χ2n) is 6.70. The third-order valence-electron chi connectivity index (χ3n) is 4.70. The van der Waals surface area contributed by atoms with E-state index < -0.39 is 11.9 Å². The zero-order valence-electron chi connectivity index (χ0n) is 15.5. The van der Waals surface area contributed by atoms with Gasteiger partial charge in [-0.25, -0.2) is 4.79 Å².